The first-order valence-electron chi connectivity index (χ1n) is 11.2. The Balaban J connectivity index is 1.55. The molecule has 1 aliphatic heterocycles. The Morgan fingerprint density at radius 2 is 1.74 bits per heavy atom. The molecule has 4 aromatic rings. The number of amides is 1. The molecule has 8 nitrogen and oxygen atoms in total. The van der Waals surface area contributed by atoms with Gasteiger partial charge in [-0.2, -0.15) is 0 Å². The van der Waals surface area contributed by atoms with Crippen LogP contribution >= 0.6 is 0 Å². The number of carbonyl (C=O) groups excluding carboxylic acids is 1. The number of fused-ring (bicyclic) bond motifs is 3. The van der Waals surface area contributed by atoms with E-state index in [1.807, 2.05) is 35.2 Å². The normalized spacial score (nSPS) is 14.6. The highest BCUT2D eigenvalue weighted by atomic mass is 32.2. The van der Waals surface area contributed by atoms with Crippen molar-refractivity contribution in [2.24, 2.45) is 5.14 Å². The summed E-state index contributed by atoms with van der Waals surface area (Å²) in [5.74, 6) is -0.398. The summed E-state index contributed by atoms with van der Waals surface area (Å²) in [5.41, 5.74) is 3.76. The number of morpholine rings is 1. The lowest BCUT2D eigenvalue weighted by molar-refractivity contribution is 0.102. The van der Waals surface area contributed by atoms with Gasteiger partial charge in [-0.25, -0.2) is 13.6 Å². The van der Waals surface area contributed by atoms with Crippen molar-refractivity contribution in [1.29, 1.82) is 0 Å². The van der Waals surface area contributed by atoms with Crippen molar-refractivity contribution in [2.75, 3.05) is 36.5 Å². The van der Waals surface area contributed by atoms with E-state index in [2.05, 4.69) is 28.9 Å². The number of nitrogens with two attached hydrogens (primary N) is 1. The van der Waals surface area contributed by atoms with Crippen molar-refractivity contribution < 1.29 is 17.9 Å². The second-order valence-electron chi connectivity index (χ2n) is 8.27. The van der Waals surface area contributed by atoms with Crippen molar-refractivity contribution >= 4 is 49.1 Å². The number of primary sulfonamides is 1. The van der Waals surface area contributed by atoms with E-state index in [0.29, 0.717) is 37.7 Å². The molecule has 5 rings (SSSR count). The van der Waals surface area contributed by atoms with Crippen LogP contribution in [0.5, 0.6) is 0 Å². The van der Waals surface area contributed by atoms with Crippen molar-refractivity contribution in [3.05, 3.63) is 66.2 Å². The van der Waals surface area contributed by atoms with Gasteiger partial charge in [-0.3, -0.25) is 4.79 Å². The fraction of sp³-hybridized carbons (Fsp3) is 0.240. The molecule has 2 heterocycles. The molecule has 1 aliphatic rings. The lowest BCUT2D eigenvalue weighted by Crippen LogP contribution is -2.37. The number of aromatic nitrogens is 1. The molecule has 0 bridgehead atoms. The summed E-state index contributed by atoms with van der Waals surface area (Å²) in [7, 11) is -3.96. The Labute approximate surface area is 198 Å². The third kappa shape index (κ3) is 4.02. The molecule has 176 valence electrons. The second kappa shape index (κ2) is 8.75. The first kappa shape index (κ1) is 22.4. The van der Waals surface area contributed by atoms with Crippen LogP contribution in [0.2, 0.25) is 0 Å². The molecular weight excluding hydrogens is 452 g/mol. The van der Waals surface area contributed by atoms with E-state index in [4.69, 9.17) is 9.88 Å². The van der Waals surface area contributed by atoms with Crippen LogP contribution in [0, 0.1) is 0 Å². The number of sulfonamides is 1. The molecule has 0 aliphatic carbocycles. The molecule has 0 atom stereocenters. The van der Waals surface area contributed by atoms with Crippen LogP contribution in [-0.2, 0) is 21.3 Å². The maximum absolute atomic E-state index is 13.4. The minimum atomic E-state index is -3.96. The number of anilines is 2. The number of carbonyl (C=O) groups is 1. The highest BCUT2D eigenvalue weighted by molar-refractivity contribution is 7.89. The minimum absolute atomic E-state index is 0.101. The van der Waals surface area contributed by atoms with Gasteiger partial charge in [-0.05, 0) is 49.4 Å². The zero-order valence-corrected chi connectivity index (χ0v) is 19.6. The second-order valence-corrected chi connectivity index (χ2v) is 9.83. The molecule has 1 fully saturated rings. The van der Waals surface area contributed by atoms with Gasteiger partial charge in [0, 0.05) is 52.8 Å². The maximum atomic E-state index is 13.4. The van der Waals surface area contributed by atoms with Gasteiger partial charge in [0.05, 0.1) is 23.7 Å². The number of ether oxygens (including phenoxy) is 1. The van der Waals surface area contributed by atoms with Crippen molar-refractivity contribution in [1.82, 2.24) is 4.57 Å². The Morgan fingerprint density at radius 3 is 2.47 bits per heavy atom. The Bertz CT molecular complexity index is 1500. The number of benzene rings is 3. The van der Waals surface area contributed by atoms with E-state index in [0.717, 1.165) is 28.4 Å². The molecule has 3 N–H and O–H groups in total. The minimum Gasteiger partial charge on any atom is -0.378 e. The zero-order valence-electron chi connectivity index (χ0n) is 18.8. The van der Waals surface area contributed by atoms with Gasteiger partial charge < -0.3 is 19.5 Å². The van der Waals surface area contributed by atoms with Gasteiger partial charge >= 0.3 is 0 Å². The Kier molecular flexibility index (Phi) is 5.76. The lowest BCUT2D eigenvalue weighted by atomic mass is 10.1. The predicted molar refractivity (Wildman–Crippen MR) is 134 cm³/mol. The number of hydrogen-bond acceptors (Lipinski definition) is 5. The van der Waals surface area contributed by atoms with Crippen LogP contribution < -0.4 is 15.4 Å². The highest BCUT2D eigenvalue weighted by Crippen LogP contribution is 2.32. The average Bonchev–Trinajstić information content (AvgIpc) is 3.16. The molecule has 3 aromatic carbocycles. The number of hydrogen-bond donors (Lipinski definition) is 2. The van der Waals surface area contributed by atoms with Crippen LogP contribution in [-0.4, -0.2) is 45.2 Å². The molecule has 0 unspecified atom stereocenters. The van der Waals surface area contributed by atoms with Crippen LogP contribution in [0.1, 0.15) is 17.3 Å². The average molecular weight is 479 g/mol. The van der Waals surface area contributed by atoms with E-state index in [1.165, 1.54) is 12.1 Å². The zero-order chi connectivity index (χ0) is 23.9. The molecule has 9 heteroatoms. The summed E-state index contributed by atoms with van der Waals surface area (Å²) < 4.78 is 31.6. The molecule has 34 heavy (non-hydrogen) atoms. The SMILES string of the molecule is CCn1c2ccccc2c2cc(NC(=O)c3cc(S(N)(=O)=O)ccc3N3CCOCC3)ccc21. The van der Waals surface area contributed by atoms with Gasteiger partial charge in [0.1, 0.15) is 0 Å². The summed E-state index contributed by atoms with van der Waals surface area (Å²) in [5, 5.41) is 10.5. The summed E-state index contributed by atoms with van der Waals surface area (Å²) in [4.78, 5) is 15.3. The van der Waals surface area contributed by atoms with Crippen LogP contribution in [0.3, 0.4) is 0 Å². The van der Waals surface area contributed by atoms with Crippen molar-refractivity contribution in [3.63, 3.8) is 0 Å². The van der Waals surface area contributed by atoms with Crippen molar-refractivity contribution in [2.45, 2.75) is 18.4 Å². The standard InChI is InChI=1S/C25H26N4O4S/c1-2-29-23-6-4-3-5-19(23)20-15-17(7-9-24(20)29)27-25(30)21-16-18(34(26,31)32)8-10-22(21)28-11-13-33-14-12-28/h3-10,15-16H,2,11-14H2,1H3,(H,27,30)(H2,26,31,32). The maximum Gasteiger partial charge on any atom is 0.257 e. The molecule has 1 saturated heterocycles. The quantitative estimate of drug-likeness (QED) is 0.456. The number of rotatable bonds is 5. The van der Waals surface area contributed by atoms with E-state index in [9.17, 15) is 13.2 Å². The summed E-state index contributed by atoms with van der Waals surface area (Å²) in [6.07, 6.45) is 0. The van der Waals surface area contributed by atoms with Crippen molar-refractivity contribution in [3.8, 4) is 0 Å². The van der Waals surface area contributed by atoms with Gasteiger partial charge in [-0.1, -0.05) is 18.2 Å². The van der Waals surface area contributed by atoms with E-state index in [-0.39, 0.29) is 10.5 Å². The first-order chi connectivity index (χ1) is 16.4. The fourth-order valence-corrected chi connectivity index (χ4v) is 5.16. The molecular formula is C25H26N4O4S. The summed E-state index contributed by atoms with van der Waals surface area (Å²) >= 11 is 0. The smallest absolute Gasteiger partial charge is 0.257 e. The molecule has 1 aromatic heterocycles. The predicted octanol–water partition coefficient (Wildman–Crippen LogP) is 3.55. The van der Waals surface area contributed by atoms with Crippen LogP contribution in [0.4, 0.5) is 11.4 Å². The van der Waals surface area contributed by atoms with Gasteiger partial charge in [0.15, 0.2) is 0 Å². The van der Waals surface area contributed by atoms with E-state index < -0.39 is 15.9 Å². The Hall–Kier alpha value is -3.40. The largest absolute Gasteiger partial charge is 0.378 e. The monoisotopic (exact) mass is 478 g/mol. The van der Waals surface area contributed by atoms with Crippen LogP contribution in [0.25, 0.3) is 21.8 Å². The van der Waals surface area contributed by atoms with E-state index in [1.54, 1.807) is 6.07 Å². The topological polar surface area (TPSA) is 107 Å². The van der Waals surface area contributed by atoms with Gasteiger partial charge in [0.25, 0.3) is 5.91 Å². The number of aryl methyl sites for hydroxylation is 1. The highest BCUT2D eigenvalue weighted by Gasteiger charge is 2.22. The summed E-state index contributed by atoms with van der Waals surface area (Å²) in [6.45, 7) is 5.23. The van der Waals surface area contributed by atoms with Crippen LogP contribution in [0.15, 0.2) is 65.6 Å². The molecule has 0 saturated carbocycles. The third-order valence-corrected chi connectivity index (χ3v) is 7.15. The molecule has 0 spiro atoms. The first-order valence-corrected chi connectivity index (χ1v) is 12.7. The molecule has 0 radical (unpaired) electrons. The lowest BCUT2D eigenvalue weighted by Gasteiger charge is -2.30. The third-order valence-electron chi connectivity index (χ3n) is 6.24. The van der Waals surface area contributed by atoms with Gasteiger partial charge in [0.2, 0.25) is 10.0 Å². The van der Waals surface area contributed by atoms with E-state index >= 15 is 0 Å². The number of nitrogens with one attached hydrogen (secondary N) is 1. The number of nitrogens with zero attached hydrogens (tertiary/aromatic N) is 2. The number of para-hydroxylation sites is 1. The van der Waals surface area contributed by atoms with Gasteiger partial charge in [-0.15, -0.1) is 0 Å². The molecule has 1 amide bonds. The Morgan fingerprint density at radius 1 is 1.00 bits per heavy atom. The summed E-state index contributed by atoms with van der Waals surface area (Å²) in [6, 6.07) is 18.4. The fourth-order valence-electron chi connectivity index (χ4n) is 4.62.